The first kappa shape index (κ1) is 23.3. The summed E-state index contributed by atoms with van der Waals surface area (Å²) in [7, 11) is 0. The second kappa shape index (κ2) is 10.4. The van der Waals surface area contributed by atoms with E-state index >= 15 is 0 Å². The zero-order chi connectivity index (χ0) is 23.3. The molecule has 2 N–H and O–H groups in total. The molecule has 4 rings (SSSR count). The average Bonchev–Trinajstić information content (AvgIpc) is 3.35. The van der Waals surface area contributed by atoms with Crippen LogP contribution >= 0.6 is 23.2 Å². The molecule has 33 heavy (non-hydrogen) atoms. The lowest BCUT2D eigenvalue weighted by Gasteiger charge is -2.32. The van der Waals surface area contributed by atoms with E-state index in [1.165, 1.54) is 0 Å². The summed E-state index contributed by atoms with van der Waals surface area (Å²) in [5.74, 6) is -0.202. The molecule has 0 saturated heterocycles. The van der Waals surface area contributed by atoms with Gasteiger partial charge in [-0.1, -0.05) is 114 Å². The Kier molecular flexibility index (Phi) is 7.33. The van der Waals surface area contributed by atoms with E-state index in [-0.39, 0.29) is 6.61 Å². The Labute approximate surface area is 203 Å². The molecule has 1 aliphatic heterocycles. The van der Waals surface area contributed by atoms with Gasteiger partial charge < -0.3 is 15.2 Å². The summed E-state index contributed by atoms with van der Waals surface area (Å²) in [5.41, 5.74) is 0.993. The molecule has 0 spiro atoms. The highest BCUT2D eigenvalue weighted by Crippen LogP contribution is 2.37. The largest absolute Gasteiger partial charge is 0.477 e. The second-order valence-corrected chi connectivity index (χ2v) is 8.94. The Hall–Kier alpha value is -2.86. The van der Waals surface area contributed by atoms with Crippen LogP contribution in [0.3, 0.4) is 0 Å². The first-order valence-electron chi connectivity index (χ1n) is 10.6. The van der Waals surface area contributed by atoms with Crippen molar-refractivity contribution in [3.8, 4) is 0 Å². The smallest absolute Gasteiger partial charge is 0.253 e. The number of rotatable bonds is 8. The molecular weight excluding hydrogens is 459 g/mol. The number of benzene rings is 3. The summed E-state index contributed by atoms with van der Waals surface area (Å²) in [5, 5.41) is 14.8. The van der Waals surface area contributed by atoms with Crippen molar-refractivity contribution in [2.45, 2.75) is 28.9 Å². The molecule has 2 atom stereocenters. The Morgan fingerprint density at radius 1 is 0.970 bits per heavy atom. The number of alkyl halides is 2. The fourth-order valence-corrected chi connectivity index (χ4v) is 4.14. The third kappa shape index (κ3) is 5.22. The van der Waals surface area contributed by atoms with Gasteiger partial charge in [-0.15, -0.1) is 0 Å². The van der Waals surface area contributed by atoms with Gasteiger partial charge in [-0.2, -0.15) is 0 Å². The number of amides is 1. The Bertz CT molecular complexity index is 1050. The van der Waals surface area contributed by atoms with Gasteiger partial charge >= 0.3 is 0 Å². The van der Waals surface area contributed by atoms with Crippen LogP contribution in [0.2, 0.25) is 0 Å². The van der Waals surface area contributed by atoms with Gasteiger partial charge in [0, 0.05) is 6.42 Å². The number of aliphatic hydroxyl groups is 1. The molecule has 3 aromatic carbocycles. The molecule has 0 fully saturated rings. The standard InChI is InChI=1S/C26H24Cl2N2O3/c27-23(28)24(31)29-21(16-18-10-4-1-5-11-18)25-30-22(17-33-25)26(32,19-12-6-2-7-13-19)20-14-8-3-9-15-20/h1-15,21-23,32H,16-17H2,(H,29,31)/t21-,22+/m1/s1. The van der Waals surface area contributed by atoms with E-state index in [0.717, 1.165) is 5.56 Å². The number of carbonyl (C=O) groups is 1. The number of carbonyl (C=O) groups excluding carboxylic acids is 1. The lowest BCUT2D eigenvalue weighted by atomic mass is 9.81. The molecular formula is C26H24Cl2N2O3. The fraction of sp³-hybridized carbons (Fsp3) is 0.231. The zero-order valence-electron chi connectivity index (χ0n) is 17.8. The van der Waals surface area contributed by atoms with E-state index in [1.54, 1.807) is 0 Å². The van der Waals surface area contributed by atoms with Crippen molar-refractivity contribution >= 4 is 35.0 Å². The van der Waals surface area contributed by atoms with Gasteiger partial charge in [-0.05, 0) is 16.7 Å². The predicted octanol–water partition coefficient (Wildman–Crippen LogP) is 4.25. The third-order valence-electron chi connectivity index (χ3n) is 5.68. The van der Waals surface area contributed by atoms with Crippen molar-refractivity contribution in [1.82, 2.24) is 5.32 Å². The van der Waals surface area contributed by atoms with Gasteiger partial charge in [-0.3, -0.25) is 4.79 Å². The number of nitrogens with one attached hydrogen (secondary N) is 1. The average molecular weight is 483 g/mol. The van der Waals surface area contributed by atoms with Gasteiger partial charge in [0.05, 0.1) is 0 Å². The van der Waals surface area contributed by atoms with Gasteiger partial charge in [0.2, 0.25) is 5.90 Å². The topological polar surface area (TPSA) is 70.9 Å². The van der Waals surface area contributed by atoms with Crippen molar-refractivity contribution in [2.24, 2.45) is 4.99 Å². The lowest BCUT2D eigenvalue weighted by Crippen LogP contribution is -2.44. The van der Waals surface area contributed by atoms with E-state index in [1.807, 2.05) is 91.0 Å². The van der Waals surface area contributed by atoms with Crippen LogP contribution in [0.5, 0.6) is 0 Å². The summed E-state index contributed by atoms with van der Waals surface area (Å²) in [6.45, 7) is 0.155. The van der Waals surface area contributed by atoms with Crippen LogP contribution in [-0.4, -0.2) is 40.4 Å². The Morgan fingerprint density at radius 2 is 1.48 bits per heavy atom. The number of hydrogen-bond donors (Lipinski definition) is 2. The minimum Gasteiger partial charge on any atom is -0.477 e. The van der Waals surface area contributed by atoms with E-state index in [9.17, 15) is 9.90 Å². The summed E-state index contributed by atoms with van der Waals surface area (Å²) in [6.07, 6.45) is 0.438. The van der Waals surface area contributed by atoms with Crippen LogP contribution in [-0.2, 0) is 21.6 Å². The number of halogens is 2. The van der Waals surface area contributed by atoms with Crippen LogP contribution < -0.4 is 5.32 Å². The summed E-state index contributed by atoms with van der Waals surface area (Å²) in [6, 6.07) is 27.3. The number of nitrogens with zero attached hydrogens (tertiary/aromatic N) is 1. The van der Waals surface area contributed by atoms with Crippen molar-refractivity contribution in [3.05, 3.63) is 108 Å². The van der Waals surface area contributed by atoms with E-state index in [2.05, 4.69) is 5.32 Å². The summed E-state index contributed by atoms with van der Waals surface area (Å²) < 4.78 is 5.96. The molecule has 3 aromatic rings. The first-order valence-corrected chi connectivity index (χ1v) is 11.5. The maximum atomic E-state index is 12.3. The van der Waals surface area contributed by atoms with Crippen LogP contribution in [0, 0.1) is 0 Å². The minimum absolute atomic E-state index is 0.155. The van der Waals surface area contributed by atoms with Crippen molar-refractivity contribution in [3.63, 3.8) is 0 Å². The highest BCUT2D eigenvalue weighted by atomic mass is 35.5. The monoisotopic (exact) mass is 482 g/mol. The maximum Gasteiger partial charge on any atom is 0.253 e. The quantitative estimate of drug-likeness (QED) is 0.471. The highest BCUT2D eigenvalue weighted by molar-refractivity contribution is 6.53. The third-order valence-corrected chi connectivity index (χ3v) is 6.07. The predicted molar refractivity (Wildman–Crippen MR) is 131 cm³/mol. The molecule has 1 heterocycles. The van der Waals surface area contributed by atoms with Crippen LogP contribution in [0.15, 0.2) is 96.0 Å². The van der Waals surface area contributed by atoms with Crippen molar-refractivity contribution in [1.29, 1.82) is 0 Å². The molecule has 0 aliphatic carbocycles. The summed E-state index contributed by atoms with van der Waals surface area (Å²) >= 11 is 11.6. The molecule has 1 aliphatic rings. The molecule has 1 amide bonds. The van der Waals surface area contributed by atoms with Crippen LogP contribution in [0.4, 0.5) is 0 Å². The summed E-state index contributed by atoms with van der Waals surface area (Å²) in [4.78, 5) is 15.8. The molecule has 5 nitrogen and oxygen atoms in total. The van der Waals surface area contributed by atoms with Gasteiger partial charge in [0.25, 0.3) is 5.91 Å². The molecule has 0 unspecified atom stereocenters. The molecule has 0 saturated carbocycles. The Morgan fingerprint density at radius 3 is 2.00 bits per heavy atom. The fourth-order valence-electron chi connectivity index (χ4n) is 4.02. The van der Waals surface area contributed by atoms with E-state index < -0.39 is 28.4 Å². The second-order valence-electron chi connectivity index (χ2n) is 7.84. The van der Waals surface area contributed by atoms with Crippen LogP contribution in [0.25, 0.3) is 0 Å². The van der Waals surface area contributed by atoms with Gasteiger partial charge in [-0.25, -0.2) is 4.99 Å². The number of aliphatic imine (C=N–C) groups is 1. The molecule has 0 bridgehead atoms. The van der Waals surface area contributed by atoms with E-state index in [4.69, 9.17) is 32.9 Å². The molecule has 170 valence electrons. The van der Waals surface area contributed by atoms with Gasteiger partial charge in [0.1, 0.15) is 24.3 Å². The highest BCUT2D eigenvalue weighted by Gasteiger charge is 2.44. The minimum atomic E-state index is -1.41. The van der Waals surface area contributed by atoms with E-state index in [0.29, 0.717) is 23.4 Å². The normalized spacial score (nSPS) is 16.7. The molecule has 7 heteroatoms. The molecule has 0 radical (unpaired) electrons. The van der Waals surface area contributed by atoms with Crippen LogP contribution in [0.1, 0.15) is 16.7 Å². The zero-order valence-corrected chi connectivity index (χ0v) is 19.3. The van der Waals surface area contributed by atoms with Crippen molar-refractivity contribution < 1.29 is 14.6 Å². The van der Waals surface area contributed by atoms with Crippen molar-refractivity contribution in [2.75, 3.05) is 6.61 Å². The first-order chi connectivity index (χ1) is 16.0. The van der Waals surface area contributed by atoms with Gasteiger partial charge in [0.15, 0.2) is 4.84 Å². The molecule has 0 aromatic heterocycles. The maximum absolute atomic E-state index is 12.3. The number of hydrogen-bond acceptors (Lipinski definition) is 4. The lowest BCUT2D eigenvalue weighted by molar-refractivity contribution is -0.119. The number of ether oxygens (including phenoxy) is 1. The Balaban J connectivity index is 1.69. The SMILES string of the molecule is O=C(N[C@H](Cc1ccccc1)C1=N[C@H](C(O)(c2ccccc2)c2ccccc2)CO1)C(Cl)Cl.